The van der Waals surface area contributed by atoms with Gasteiger partial charge in [-0.3, -0.25) is 9.88 Å². The summed E-state index contributed by atoms with van der Waals surface area (Å²) in [6, 6.07) is 7.86. The summed E-state index contributed by atoms with van der Waals surface area (Å²) in [4.78, 5) is 13.5. The summed E-state index contributed by atoms with van der Waals surface area (Å²) in [5.74, 6) is 2.37. The monoisotopic (exact) mass is 398 g/mol. The molecule has 1 aliphatic rings. The van der Waals surface area contributed by atoms with E-state index in [-0.39, 0.29) is 0 Å². The zero-order valence-corrected chi connectivity index (χ0v) is 16.5. The van der Waals surface area contributed by atoms with E-state index in [9.17, 15) is 0 Å². The van der Waals surface area contributed by atoms with E-state index in [1.54, 1.807) is 30.4 Å². The second-order valence-corrected chi connectivity index (χ2v) is 6.95. The Labute approximate surface area is 168 Å². The van der Waals surface area contributed by atoms with Gasteiger partial charge in [0.05, 0.1) is 26.4 Å². The van der Waals surface area contributed by atoms with E-state index in [1.165, 1.54) is 0 Å². The number of nitrogens with zero attached hydrogens (tertiary/aromatic N) is 6. The van der Waals surface area contributed by atoms with Crippen LogP contribution in [-0.2, 0) is 13.1 Å². The van der Waals surface area contributed by atoms with E-state index < -0.39 is 0 Å². The Hall–Kier alpha value is -2.78. The molecule has 1 saturated heterocycles. The fraction of sp³-hybridized carbons (Fsp3) is 0.368. The van der Waals surface area contributed by atoms with Gasteiger partial charge in [0.25, 0.3) is 4.84 Å². The molecule has 0 radical (unpaired) electrons. The number of methoxy groups -OCH3 is 1. The lowest BCUT2D eigenvalue weighted by Crippen LogP contribution is -2.47. The van der Waals surface area contributed by atoms with Crippen molar-refractivity contribution in [2.45, 2.75) is 13.1 Å². The third kappa shape index (κ3) is 4.37. The summed E-state index contributed by atoms with van der Waals surface area (Å²) < 4.78 is 12.6. The predicted octanol–water partition coefficient (Wildman–Crippen LogP) is 2.37. The fourth-order valence-electron chi connectivity index (χ4n) is 3.19. The summed E-state index contributed by atoms with van der Waals surface area (Å²) in [5.41, 5.74) is 1.10. The average molecular weight is 398 g/mol. The molecular formula is C19H22N6O2S. The Morgan fingerprint density at radius 3 is 2.57 bits per heavy atom. The van der Waals surface area contributed by atoms with Gasteiger partial charge < -0.3 is 14.1 Å². The van der Waals surface area contributed by atoms with Crippen LogP contribution < -0.4 is 9.64 Å². The minimum Gasteiger partial charge on any atom is -0.497 e. The Bertz CT molecular complexity index is 949. The smallest absolute Gasteiger partial charge is 0.288 e. The lowest BCUT2D eigenvalue weighted by Gasteiger charge is -2.34. The molecule has 0 unspecified atom stereocenters. The zero-order chi connectivity index (χ0) is 19.3. The summed E-state index contributed by atoms with van der Waals surface area (Å²) >= 11 is 5.36. The molecule has 3 aromatic rings. The standard InChI is InChI=1S/C19H22N6O2S/c1-26-16-4-2-15(3-5-16)12-18-22-25(19(28)27-18)14-23-8-10-24(11-9-23)17-13-20-6-7-21-17/h2-7,13H,8-12,14H2,1H3. The molecule has 8 nitrogen and oxygen atoms in total. The van der Waals surface area contributed by atoms with Crippen LogP contribution in [0.2, 0.25) is 0 Å². The molecule has 2 aromatic heterocycles. The number of benzene rings is 1. The van der Waals surface area contributed by atoms with Crippen LogP contribution in [0.25, 0.3) is 0 Å². The molecule has 0 saturated carbocycles. The Kier molecular flexibility index (Phi) is 5.63. The van der Waals surface area contributed by atoms with Gasteiger partial charge >= 0.3 is 0 Å². The van der Waals surface area contributed by atoms with Gasteiger partial charge in [0.2, 0.25) is 5.89 Å². The van der Waals surface area contributed by atoms with Gasteiger partial charge in [0.1, 0.15) is 11.6 Å². The molecule has 0 N–H and O–H groups in total. The molecule has 0 spiro atoms. The van der Waals surface area contributed by atoms with Crippen molar-refractivity contribution in [3.8, 4) is 5.75 Å². The van der Waals surface area contributed by atoms with E-state index in [2.05, 4.69) is 24.9 Å². The fourth-order valence-corrected chi connectivity index (χ4v) is 3.39. The number of anilines is 1. The van der Waals surface area contributed by atoms with Crippen LogP contribution in [0.4, 0.5) is 5.82 Å². The zero-order valence-electron chi connectivity index (χ0n) is 15.7. The molecule has 0 aliphatic carbocycles. The van der Waals surface area contributed by atoms with Crippen LogP contribution in [0.1, 0.15) is 11.5 Å². The maximum absolute atomic E-state index is 5.69. The Morgan fingerprint density at radius 1 is 1.11 bits per heavy atom. The van der Waals surface area contributed by atoms with Crippen LogP contribution in [0.5, 0.6) is 5.75 Å². The highest BCUT2D eigenvalue weighted by Crippen LogP contribution is 2.15. The van der Waals surface area contributed by atoms with Crippen molar-refractivity contribution >= 4 is 18.0 Å². The number of piperazine rings is 1. The van der Waals surface area contributed by atoms with Crippen molar-refractivity contribution in [1.29, 1.82) is 0 Å². The Balaban J connectivity index is 1.35. The molecule has 4 rings (SSSR count). The first-order valence-corrected chi connectivity index (χ1v) is 9.55. The van der Waals surface area contributed by atoms with Gasteiger partial charge in [-0.05, 0) is 29.9 Å². The molecule has 28 heavy (non-hydrogen) atoms. The van der Waals surface area contributed by atoms with Crippen molar-refractivity contribution in [2.75, 3.05) is 38.2 Å². The second-order valence-electron chi connectivity index (χ2n) is 6.60. The maximum Gasteiger partial charge on any atom is 0.288 e. The highest BCUT2D eigenvalue weighted by Gasteiger charge is 2.19. The van der Waals surface area contributed by atoms with Crippen molar-refractivity contribution in [3.05, 3.63) is 59.1 Å². The molecule has 0 amide bonds. The second kappa shape index (κ2) is 8.49. The van der Waals surface area contributed by atoms with Crippen molar-refractivity contribution in [2.24, 2.45) is 0 Å². The van der Waals surface area contributed by atoms with E-state index in [0.29, 0.717) is 23.8 Å². The summed E-state index contributed by atoms with van der Waals surface area (Å²) in [6.07, 6.45) is 5.81. The summed E-state index contributed by atoms with van der Waals surface area (Å²) in [5, 5.41) is 4.56. The lowest BCUT2D eigenvalue weighted by molar-refractivity contribution is 0.192. The van der Waals surface area contributed by atoms with Crippen LogP contribution in [0.15, 0.2) is 47.3 Å². The van der Waals surface area contributed by atoms with Crippen molar-refractivity contribution in [3.63, 3.8) is 0 Å². The number of aromatic nitrogens is 4. The first kappa shape index (κ1) is 18.6. The van der Waals surface area contributed by atoms with Crippen LogP contribution in [0.3, 0.4) is 0 Å². The van der Waals surface area contributed by atoms with Gasteiger partial charge in [-0.2, -0.15) is 0 Å². The molecule has 1 aliphatic heterocycles. The molecule has 146 valence electrons. The SMILES string of the molecule is COc1ccc(Cc2nn(CN3CCN(c4cnccn4)CC3)c(=S)o2)cc1. The van der Waals surface area contributed by atoms with Crippen molar-refractivity contribution in [1.82, 2.24) is 24.6 Å². The minimum absolute atomic E-state index is 0.403. The topological polar surface area (TPSA) is 72.5 Å². The lowest BCUT2D eigenvalue weighted by atomic mass is 10.1. The van der Waals surface area contributed by atoms with E-state index in [0.717, 1.165) is 43.3 Å². The third-order valence-electron chi connectivity index (χ3n) is 4.74. The largest absolute Gasteiger partial charge is 0.497 e. The molecule has 3 heterocycles. The number of rotatable bonds is 6. The van der Waals surface area contributed by atoms with Crippen LogP contribution >= 0.6 is 12.2 Å². The predicted molar refractivity (Wildman–Crippen MR) is 107 cm³/mol. The normalized spacial score (nSPS) is 15.0. The maximum atomic E-state index is 5.69. The van der Waals surface area contributed by atoms with Crippen molar-refractivity contribution < 1.29 is 9.15 Å². The molecular weight excluding hydrogens is 376 g/mol. The van der Waals surface area contributed by atoms with Gasteiger partial charge in [0, 0.05) is 38.6 Å². The van der Waals surface area contributed by atoms with Gasteiger partial charge in [-0.1, -0.05) is 12.1 Å². The number of ether oxygens (including phenoxy) is 1. The number of hydrogen-bond donors (Lipinski definition) is 0. The highest BCUT2D eigenvalue weighted by atomic mass is 32.1. The highest BCUT2D eigenvalue weighted by molar-refractivity contribution is 7.71. The summed E-state index contributed by atoms with van der Waals surface area (Å²) in [7, 11) is 1.66. The molecule has 9 heteroatoms. The summed E-state index contributed by atoms with van der Waals surface area (Å²) in [6.45, 7) is 4.21. The van der Waals surface area contributed by atoms with E-state index in [1.807, 2.05) is 24.3 Å². The van der Waals surface area contributed by atoms with Crippen LogP contribution in [-0.4, -0.2) is 57.9 Å². The first-order chi connectivity index (χ1) is 13.7. The van der Waals surface area contributed by atoms with E-state index >= 15 is 0 Å². The third-order valence-corrected chi connectivity index (χ3v) is 5.04. The number of hydrogen-bond acceptors (Lipinski definition) is 8. The average Bonchev–Trinajstić information content (AvgIpc) is 3.08. The molecule has 1 aromatic carbocycles. The molecule has 0 atom stereocenters. The minimum atomic E-state index is 0.403. The van der Waals surface area contributed by atoms with Gasteiger partial charge in [-0.25, -0.2) is 9.67 Å². The molecule has 1 fully saturated rings. The van der Waals surface area contributed by atoms with Crippen LogP contribution in [0, 0.1) is 4.84 Å². The molecule has 0 bridgehead atoms. The van der Waals surface area contributed by atoms with Gasteiger partial charge in [-0.15, -0.1) is 5.10 Å². The quantitative estimate of drug-likeness (QED) is 0.586. The van der Waals surface area contributed by atoms with Gasteiger partial charge in [0.15, 0.2) is 0 Å². The van der Waals surface area contributed by atoms with E-state index in [4.69, 9.17) is 21.4 Å². The first-order valence-electron chi connectivity index (χ1n) is 9.14. The Morgan fingerprint density at radius 2 is 1.89 bits per heavy atom.